The number of rotatable bonds is 5. The Morgan fingerprint density at radius 2 is 2.19 bits per heavy atom. The Morgan fingerprint density at radius 3 is 2.81 bits per heavy atom. The molecule has 0 spiro atoms. The number of hydrogen-bond donors (Lipinski definition) is 0. The zero-order chi connectivity index (χ0) is 12.0. The van der Waals surface area contributed by atoms with E-state index in [2.05, 4.69) is 13.8 Å². The molecule has 0 radical (unpaired) electrons. The van der Waals surface area contributed by atoms with Crippen LogP contribution in [0.25, 0.3) is 0 Å². The maximum atomic E-state index is 11.6. The summed E-state index contributed by atoms with van der Waals surface area (Å²) in [5.41, 5.74) is 0.511. The number of carbonyl (C=O) groups excluding carboxylic acids is 1. The van der Waals surface area contributed by atoms with Gasteiger partial charge in [0.25, 0.3) is 0 Å². The van der Waals surface area contributed by atoms with Crippen LogP contribution in [0.15, 0.2) is 24.3 Å². The van der Waals surface area contributed by atoms with Crippen molar-refractivity contribution in [3.05, 3.63) is 34.9 Å². The van der Waals surface area contributed by atoms with Crippen LogP contribution in [0.4, 0.5) is 0 Å². The zero-order valence-electron chi connectivity index (χ0n) is 9.70. The lowest BCUT2D eigenvalue weighted by atomic mass is 10.1. The minimum atomic E-state index is -0.300. The quantitative estimate of drug-likeness (QED) is 0.576. The lowest BCUT2D eigenvalue weighted by Gasteiger charge is -2.06. The van der Waals surface area contributed by atoms with Gasteiger partial charge in [-0.15, -0.1) is 0 Å². The predicted molar refractivity (Wildman–Crippen MR) is 65.8 cm³/mol. The van der Waals surface area contributed by atoms with Crippen LogP contribution >= 0.6 is 11.6 Å². The maximum Gasteiger partial charge on any atom is 0.338 e. The van der Waals surface area contributed by atoms with Crippen LogP contribution in [-0.4, -0.2) is 12.6 Å². The zero-order valence-corrected chi connectivity index (χ0v) is 10.5. The van der Waals surface area contributed by atoms with E-state index in [9.17, 15) is 4.79 Å². The monoisotopic (exact) mass is 240 g/mol. The molecule has 0 aliphatic rings. The summed E-state index contributed by atoms with van der Waals surface area (Å²) in [6, 6.07) is 6.80. The van der Waals surface area contributed by atoms with E-state index in [1.54, 1.807) is 24.3 Å². The minimum absolute atomic E-state index is 0.300. The molecular weight excluding hydrogens is 224 g/mol. The van der Waals surface area contributed by atoms with Gasteiger partial charge in [-0.3, -0.25) is 0 Å². The summed E-state index contributed by atoms with van der Waals surface area (Å²) in [7, 11) is 0. The van der Waals surface area contributed by atoms with E-state index in [4.69, 9.17) is 16.3 Å². The Hall–Kier alpha value is -1.02. The Balaban J connectivity index is 2.35. The average molecular weight is 241 g/mol. The third kappa shape index (κ3) is 4.67. The van der Waals surface area contributed by atoms with Crippen molar-refractivity contribution in [3.63, 3.8) is 0 Å². The molecule has 0 amide bonds. The first kappa shape index (κ1) is 13.0. The van der Waals surface area contributed by atoms with Gasteiger partial charge in [0.05, 0.1) is 12.2 Å². The largest absolute Gasteiger partial charge is 0.462 e. The normalized spacial score (nSPS) is 10.5. The van der Waals surface area contributed by atoms with Crippen molar-refractivity contribution in [2.24, 2.45) is 5.92 Å². The van der Waals surface area contributed by atoms with Gasteiger partial charge in [0, 0.05) is 5.02 Å². The van der Waals surface area contributed by atoms with Crippen LogP contribution in [0.3, 0.4) is 0 Å². The van der Waals surface area contributed by atoms with Crippen molar-refractivity contribution in [1.29, 1.82) is 0 Å². The van der Waals surface area contributed by atoms with Crippen LogP contribution in [0.5, 0.6) is 0 Å². The summed E-state index contributed by atoms with van der Waals surface area (Å²) in [6.45, 7) is 4.78. The second kappa shape index (κ2) is 6.54. The van der Waals surface area contributed by atoms with Crippen molar-refractivity contribution in [2.45, 2.75) is 26.7 Å². The van der Waals surface area contributed by atoms with Crippen molar-refractivity contribution < 1.29 is 9.53 Å². The predicted octanol–water partition coefficient (Wildman–Crippen LogP) is 3.93. The number of esters is 1. The van der Waals surface area contributed by atoms with Crippen LogP contribution in [0, 0.1) is 5.92 Å². The summed E-state index contributed by atoms with van der Waals surface area (Å²) in [6.07, 6.45) is 1.98. The second-order valence-electron chi connectivity index (χ2n) is 4.18. The van der Waals surface area contributed by atoms with E-state index < -0.39 is 0 Å². The average Bonchev–Trinajstić information content (AvgIpc) is 2.24. The van der Waals surface area contributed by atoms with Gasteiger partial charge < -0.3 is 4.74 Å². The molecule has 0 aliphatic heterocycles. The van der Waals surface area contributed by atoms with E-state index >= 15 is 0 Å². The molecule has 0 bridgehead atoms. The van der Waals surface area contributed by atoms with Crippen LogP contribution < -0.4 is 0 Å². The molecule has 1 rings (SSSR count). The highest BCUT2D eigenvalue weighted by atomic mass is 35.5. The van der Waals surface area contributed by atoms with Crippen LogP contribution in [-0.2, 0) is 4.74 Å². The molecule has 0 fully saturated rings. The standard InChI is InChI=1S/C13H17ClO2/c1-10(2)5-4-8-16-13(15)11-6-3-7-12(14)9-11/h3,6-7,9-10H,4-5,8H2,1-2H3. The molecule has 0 aliphatic carbocycles. The van der Waals surface area contributed by atoms with Crippen molar-refractivity contribution >= 4 is 17.6 Å². The molecule has 0 N–H and O–H groups in total. The summed E-state index contributed by atoms with van der Waals surface area (Å²) >= 11 is 5.78. The minimum Gasteiger partial charge on any atom is -0.462 e. The highest BCUT2D eigenvalue weighted by Gasteiger charge is 2.06. The van der Waals surface area contributed by atoms with Crippen molar-refractivity contribution in [1.82, 2.24) is 0 Å². The summed E-state index contributed by atoms with van der Waals surface area (Å²) in [5, 5.41) is 0.552. The fourth-order valence-corrected chi connectivity index (χ4v) is 1.55. The fraction of sp³-hybridized carbons (Fsp3) is 0.462. The first-order valence-electron chi connectivity index (χ1n) is 5.52. The molecule has 1 aromatic rings. The van der Waals surface area contributed by atoms with Gasteiger partial charge in [0.1, 0.15) is 0 Å². The van der Waals surface area contributed by atoms with Gasteiger partial charge in [-0.25, -0.2) is 4.79 Å². The number of ether oxygens (including phenoxy) is 1. The Kier molecular flexibility index (Phi) is 5.33. The molecular formula is C13H17ClO2. The molecule has 0 heterocycles. The van der Waals surface area contributed by atoms with Crippen LogP contribution in [0.2, 0.25) is 5.02 Å². The smallest absolute Gasteiger partial charge is 0.338 e. The SMILES string of the molecule is CC(C)CCCOC(=O)c1cccc(Cl)c1. The third-order valence-electron chi connectivity index (χ3n) is 2.22. The Morgan fingerprint density at radius 1 is 1.44 bits per heavy atom. The van der Waals surface area contributed by atoms with E-state index in [1.807, 2.05) is 0 Å². The first-order chi connectivity index (χ1) is 7.59. The number of benzene rings is 1. The third-order valence-corrected chi connectivity index (χ3v) is 2.45. The van der Waals surface area contributed by atoms with Gasteiger partial charge >= 0.3 is 5.97 Å². The van der Waals surface area contributed by atoms with Crippen molar-refractivity contribution in [2.75, 3.05) is 6.61 Å². The fourth-order valence-electron chi connectivity index (χ4n) is 1.36. The molecule has 88 valence electrons. The van der Waals surface area contributed by atoms with Crippen molar-refractivity contribution in [3.8, 4) is 0 Å². The van der Waals surface area contributed by atoms with Gasteiger partial charge in [-0.2, -0.15) is 0 Å². The molecule has 0 saturated heterocycles. The van der Waals surface area contributed by atoms with E-state index in [1.165, 1.54) is 0 Å². The highest BCUT2D eigenvalue weighted by molar-refractivity contribution is 6.30. The Labute approximate surface area is 102 Å². The van der Waals surface area contributed by atoms with Gasteiger partial charge in [-0.1, -0.05) is 31.5 Å². The van der Waals surface area contributed by atoms with E-state index in [0.717, 1.165) is 12.8 Å². The first-order valence-corrected chi connectivity index (χ1v) is 5.90. The molecule has 1 aromatic carbocycles. The van der Waals surface area contributed by atoms with E-state index in [0.29, 0.717) is 23.1 Å². The molecule has 2 nitrogen and oxygen atoms in total. The van der Waals surface area contributed by atoms with Gasteiger partial charge in [-0.05, 0) is 37.0 Å². The number of carbonyl (C=O) groups is 1. The number of hydrogen-bond acceptors (Lipinski definition) is 2. The maximum absolute atomic E-state index is 11.6. The second-order valence-corrected chi connectivity index (χ2v) is 4.62. The van der Waals surface area contributed by atoms with Crippen LogP contribution in [0.1, 0.15) is 37.0 Å². The molecule has 0 atom stereocenters. The highest BCUT2D eigenvalue weighted by Crippen LogP contribution is 2.12. The lowest BCUT2D eigenvalue weighted by molar-refractivity contribution is 0.0495. The Bertz CT molecular complexity index is 348. The summed E-state index contributed by atoms with van der Waals surface area (Å²) < 4.78 is 5.14. The summed E-state index contributed by atoms with van der Waals surface area (Å²) in [5.74, 6) is 0.344. The van der Waals surface area contributed by atoms with Gasteiger partial charge in [0.2, 0.25) is 0 Å². The number of halogens is 1. The lowest BCUT2D eigenvalue weighted by Crippen LogP contribution is -2.06. The topological polar surface area (TPSA) is 26.3 Å². The molecule has 0 saturated carbocycles. The van der Waals surface area contributed by atoms with Gasteiger partial charge in [0.15, 0.2) is 0 Å². The molecule has 3 heteroatoms. The molecule has 0 unspecified atom stereocenters. The molecule has 16 heavy (non-hydrogen) atoms. The van der Waals surface area contributed by atoms with E-state index in [-0.39, 0.29) is 5.97 Å². The molecule has 0 aromatic heterocycles. The summed E-state index contributed by atoms with van der Waals surface area (Å²) in [4.78, 5) is 11.6.